The number of likely N-dealkylation sites (tertiary alicyclic amines) is 1. The monoisotopic (exact) mass is 431 g/mol. The highest BCUT2D eigenvalue weighted by atomic mass is 19.1. The molecule has 0 saturated carbocycles. The van der Waals surface area contributed by atoms with Gasteiger partial charge < -0.3 is 15.0 Å². The molecule has 0 aliphatic carbocycles. The topological polar surface area (TPSA) is 71.5 Å². The first-order valence-corrected chi connectivity index (χ1v) is 10.3. The fourth-order valence-electron chi connectivity index (χ4n) is 3.73. The third-order valence-electron chi connectivity index (χ3n) is 5.02. The lowest BCUT2D eigenvalue weighted by molar-refractivity contribution is -0.138. The number of pyridine rings is 1. The number of aromatic nitrogens is 1. The van der Waals surface area contributed by atoms with Crippen LogP contribution in [0.3, 0.4) is 0 Å². The minimum atomic E-state index is -0.867. The lowest BCUT2D eigenvalue weighted by Crippen LogP contribution is -2.53. The normalized spacial score (nSPS) is 19.3. The molecule has 0 radical (unpaired) electrons. The number of nitrogens with one attached hydrogen (secondary N) is 1. The van der Waals surface area contributed by atoms with E-state index in [1.54, 1.807) is 33.0 Å². The van der Waals surface area contributed by atoms with Gasteiger partial charge in [-0.05, 0) is 57.5 Å². The van der Waals surface area contributed by atoms with E-state index in [9.17, 15) is 18.4 Å². The Morgan fingerprint density at radius 2 is 2.03 bits per heavy atom. The summed E-state index contributed by atoms with van der Waals surface area (Å²) in [7, 11) is 0. The predicted molar refractivity (Wildman–Crippen MR) is 111 cm³/mol. The Balaban J connectivity index is 1.91. The van der Waals surface area contributed by atoms with Gasteiger partial charge >= 0.3 is 6.09 Å². The molecule has 6 nitrogen and oxygen atoms in total. The highest BCUT2D eigenvalue weighted by Crippen LogP contribution is 2.34. The van der Waals surface area contributed by atoms with E-state index in [-0.39, 0.29) is 24.4 Å². The minimum absolute atomic E-state index is 0.0233. The number of amides is 2. The summed E-state index contributed by atoms with van der Waals surface area (Å²) in [6, 6.07) is 7.11. The number of hydrogen-bond acceptors (Lipinski definition) is 4. The molecule has 1 N–H and O–H groups in total. The number of rotatable bonds is 5. The number of nitrogens with zero attached hydrogens (tertiary/aromatic N) is 2. The van der Waals surface area contributed by atoms with Crippen molar-refractivity contribution in [3.63, 3.8) is 0 Å². The Labute approximate surface area is 180 Å². The first kappa shape index (κ1) is 22.7. The molecule has 1 saturated heterocycles. The molecule has 2 heterocycles. The van der Waals surface area contributed by atoms with E-state index in [1.165, 1.54) is 4.90 Å². The van der Waals surface area contributed by atoms with Crippen molar-refractivity contribution in [3.8, 4) is 0 Å². The second-order valence-electron chi connectivity index (χ2n) is 8.56. The van der Waals surface area contributed by atoms with Gasteiger partial charge in [-0.3, -0.25) is 9.78 Å². The van der Waals surface area contributed by atoms with Crippen LogP contribution in [0.4, 0.5) is 13.6 Å². The van der Waals surface area contributed by atoms with Gasteiger partial charge in [-0.25, -0.2) is 13.6 Å². The fraction of sp³-hybridized carbons (Fsp3) is 0.435. The standard InChI is InChI=1S/C23H27F2N3O3/c1-23(2,3)31-22(30)27-19-9-10-20(29)28(13-11-16-6-4-5-12-26-16)21(19)17-14-15(24)7-8-18(17)25/h4-8,12,14,19,21H,9-11,13H2,1-3H3,(H,27,30)/t19-,21?/m0/s1. The van der Waals surface area contributed by atoms with Crippen LogP contribution in [0.2, 0.25) is 0 Å². The zero-order chi connectivity index (χ0) is 22.6. The second kappa shape index (κ2) is 9.41. The van der Waals surface area contributed by atoms with Gasteiger partial charge in [0.25, 0.3) is 0 Å². The summed E-state index contributed by atoms with van der Waals surface area (Å²) >= 11 is 0. The molecule has 0 bridgehead atoms. The number of carbonyl (C=O) groups is 2. The van der Waals surface area contributed by atoms with Crippen LogP contribution in [0.25, 0.3) is 0 Å². The Morgan fingerprint density at radius 1 is 1.26 bits per heavy atom. The summed E-state index contributed by atoms with van der Waals surface area (Å²) in [5, 5.41) is 2.76. The number of carbonyl (C=O) groups excluding carboxylic acids is 2. The number of benzene rings is 1. The zero-order valence-electron chi connectivity index (χ0n) is 17.9. The molecule has 8 heteroatoms. The highest BCUT2D eigenvalue weighted by molar-refractivity contribution is 5.78. The Bertz CT molecular complexity index is 931. The fourth-order valence-corrected chi connectivity index (χ4v) is 3.73. The zero-order valence-corrected chi connectivity index (χ0v) is 17.9. The number of ether oxygens (including phenoxy) is 1. The van der Waals surface area contributed by atoms with Crippen molar-refractivity contribution in [1.82, 2.24) is 15.2 Å². The summed E-state index contributed by atoms with van der Waals surface area (Å²) in [6.45, 7) is 5.46. The number of alkyl carbamates (subject to hydrolysis) is 1. The van der Waals surface area contributed by atoms with E-state index in [1.807, 2.05) is 12.1 Å². The van der Waals surface area contributed by atoms with Crippen molar-refractivity contribution in [2.45, 2.75) is 57.7 Å². The van der Waals surface area contributed by atoms with Gasteiger partial charge in [-0.2, -0.15) is 0 Å². The molecule has 1 aliphatic heterocycles. The lowest BCUT2D eigenvalue weighted by atomic mass is 9.89. The van der Waals surface area contributed by atoms with E-state index in [0.29, 0.717) is 12.8 Å². The Hall–Kier alpha value is -3.03. The second-order valence-corrected chi connectivity index (χ2v) is 8.56. The van der Waals surface area contributed by atoms with Crippen LogP contribution in [0.1, 0.15) is 50.9 Å². The molecule has 1 fully saturated rings. The van der Waals surface area contributed by atoms with Crippen LogP contribution in [-0.4, -0.2) is 40.1 Å². The van der Waals surface area contributed by atoms with Gasteiger partial charge in [0.1, 0.15) is 17.2 Å². The molecule has 3 rings (SSSR count). The average Bonchev–Trinajstić information content (AvgIpc) is 2.69. The maximum Gasteiger partial charge on any atom is 0.407 e. The van der Waals surface area contributed by atoms with Gasteiger partial charge in [0.2, 0.25) is 5.91 Å². The summed E-state index contributed by atoms with van der Waals surface area (Å²) in [4.78, 5) is 31.0. The van der Waals surface area contributed by atoms with Gasteiger partial charge in [0.15, 0.2) is 0 Å². The quantitative estimate of drug-likeness (QED) is 0.772. The van der Waals surface area contributed by atoms with Gasteiger partial charge in [-0.1, -0.05) is 6.07 Å². The maximum atomic E-state index is 14.7. The first-order chi connectivity index (χ1) is 14.6. The number of hydrogen-bond donors (Lipinski definition) is 1. The van der Waals surface area contributed by atoms with E-state index in [4.69, 9.17) is 4.74 Å². The Morgan fingerprint density at radius 3 is 2.71 bits per heavy atom. The molecule has 1 aromatic heterocycles. The van der Waals surface area contributed by atoms with E-state index < -0.39 is 35.4 Å². The third-order valence-corrected chi connectivity index (χ3v) is 5.02. The number of piperidine rings is 1. The number of halogens is 2. The van der Waals surface area contributed by atoms with Gasteiger partial charge in [0.05, 0.1) is 12.1 Å². The maximum absolute atomic E-state index is 14.7. The largest absolute Gasteiger partial charge is 0.444 e. The first-order valence-electron chi connectivity index (χ1n) is 10.3. The lowest BCUT2D eigenvalue weighted by Gasteiger charge is -2.42. The smallest absolute Gasteiger partial charge is 0.407 e. The van der Waals surface area contributed by atoms with Crippen LogP contribution in [0.15, 0.2) is 42.6 Å². The average molecular weight is 431 g/mol. The van der Waals surface area contributed by atoms with Crippen molar-refractivity contribution in [2.75, 3.05) is 6.54 Å². The molecule has 31 heavy (non-hydrogen) atoms. The van der Waals surface area contributed by atoms with E-state index >= 15 is 0 Å². The molecule has 2 aromatic rings. The van der Waals surface area contributed by atoms with Crippen LogP contribution < -0.4 is 5.32 Å². The van der Waals surface area contributed by atoms with Gasteiger partial charge in [0, 0.05) is 36.8 Å². The summed E-state index contributed by atoms with van der Waals surface area (Å²) in [5.74, 6) is -1.44. The van der Waals surface area contributed by atoms with Crippen molar-refractivity contribution >= 4 is 12.0 Å². The van der Waals surface area contributed by atoms with Crippen molar-refractivity contribution in [2.24, 2.45) is 0 Å². The summed E-state index contributed by atoms with van der Waals surface area (Å²) in [5.41, 5.74) is 0.0819. The van der Waals surface area contributed by atoms with Crippen LogP contribution in [0, 0.1) is 11.6 Å². The summed E-state index contributed by atoms with van der Waals surface area (Å²) < 4.78 is 34.1. The van der Waals surface area contributed by atoms with Crippen molar-refractivity contribution < 1.29 is 23.1 Å². The Kier molecular flexibility index (Phi) is 6.87. The minimum Gasteiger partial charge on any atom is -0.444 e. The molecule has 1 aliphatic rings. The molecular formula is C23H27F2N3O3. The van der Waals surface area contributed by atoms with Crippen LogP contribution in [0.5, 0.6) is 0 Å². The van der Waals surface area contributed by atoms with Crippen LogP contribution in [-0.2, 0) is 16.0 Å². The summed E-state index contributed by atoms with van der Waals surface area (Å²) in [6.07, 6.45) is 1.90. The molecule has 0 spiro atoms. The molecule has 166 valence electrons. The molecule has 2 atom stereocenters. The van der Waals surface area contributed by atoms with E-state index in [0.717, 1.165) is 23.9 Å². The van der Waals surface area contributed by atoms with Crippen molar-refractivity contribution in [1.29, 1.82) is 0 Å². The molecule has 1 aromatic carbocycles. The molecule has 2 amide bonds. The van der Waals surface area contributed by atoms with Crippen LogP contribution >= 0.6 is 0 Å². The predicted octanol–water partition coefficient (Wildman–Crippen LogP) is 4.16. The highest BCUT2D eigenvalue weighted by Gasteiger charge is 2.39. The SMILES string of the molecule is CC(C)(C)OC(=O)N[C@H]1CCC(=O)N(CCc2ccccn2)C1c1cc(F)ccc1F. The van der Waals surface area contributed by atoms with Crippen molar-refractivity contribution in [3.05, 3.63) is 65.5 Å². The third kappa shape index (κ3) is 5.99. The van der Waals surface area contributed by atoms with Gasteiger partial charge in [-0.15, -0.1) is 0 Å². The molecule has 1 unspecified atom stereocenters. The molecular weight excluding hydrogens is 404 g/mol. The van der Waals surface area contributed by atoms with E-state index in [2.05, 4.69) is 10.3 Å².